The SMILES string of the molecule is CCCCCCCCCN(CCCCCCCCC)CC(=O)N1CCN(C=O)CC1. The van der Waals surface area contributed by atoms with Crippen LogP contribution in [0.5, 0.6) is 0 Å². The van der Waals surface area contributed by atoms with Crippen LogP contribution < -0.4 is 0 Å². The molecule has 5 heteroatoms. The Hall–Kier alpha value is -1.10. The zero-order valence-electron chi connectivity index (χ0n) is 20.1. The Morgan fingerprint density at radius 2 is 1.13 bits per heavy atom. The van der Waals surface area contributed by atoms with Gasteiger partial charge in [-0.1, -0.05) is 90.9 Å². The van der Waals surface area contributed by atoms with Crippen LogP contribution in [-0.4, -0.2) is 72.8 Å². The molecule has 0 aliphatic carbocycles. The summed E-state index contributed by atoms with van der Waals surface area (Å²) in [5, 5.41) is 0. The van der Waals surface area contributed by atoms with E-state index in [1.165, 1.54) is 89.9 Å². The van der Waals surface area contributed by atoms with E-state index < -0.39 is 0 Å². The van der Waals surface area contributed by atoms with Crippen LogP contribution in [0.3, 0.4) is 0 Å². The van der Waals surface area contributed by atoms with Crippen molar-refractivity contribution in [2.24, 2.45) is 0 Å². The molecular weight excluding hydrogens is 374 g/mol. The van der Waals surface area contributed by atoms with E-state index >= 15 is 0 Å². The van der Waals surface area contributed by atoms with Crippen LogP contribution in [0.15, 0.2) is 0 Å². The Balaban J connectivity index is 2.31. The lowest BCUT2D eigenvalue weighted by Crippen LogP contribution is -2.50. The summed E-state index contributed by atoms with van der Waals surface area (Å²) in [6.45, 7) is 9.87. The van der Waals surface area contributed by atoms with Gasteiger partial charge in [-0.2, -0.15) is 0 Å². The molecule has 1 heterocycles. The van der Waals surface area contributed by atoms with Crippen molar-refractivity contribution >= 4 is 12.3 Å². The van der Waals surface area contributed by atoms with Gasteiger partial charge in [-0.15, -0.1) is 0 Å². The van der Waals surface area contributed by atoms with Crippen molar-refractivity contribution in [1.29, 1.82) is 0 Å². The highest BCUT2D eigenvalue weighted by molar-refractivity contribution is 5.78. The molecule has 1 rings (SSSR count). The Kier molecular flexibility index (Phi) is 16.7. The van der Waals surface area contributed by atoms with Gasteiger partial charge in [0, 0.05) is 26.2 Å². The second-order valence-electron chi connectivity index (χ2n) is 9.04. The number of carbonyl (C=O) groups is 2. The van der Waals surface area contributed by atoms with Gasteiger partial charge in [0.15, 0.2) is 0 Å². The molecule has 2 amide bonds. The molecule has 0 aromatic rings. The van der Waals surface area contributed by atoms with E-state index in [0.29, 0.717) is 32.7 Å². The molecule has 0 spiro atoms. The monoisotopic (exact) mass is 423 g/mol. The molecule has 0 N–H and O–H groups in total. The largest absolute Gasteiger partial charge is 0.342 e. The van der Waals surface area contributed by atoms with Crippen LogP contribution in [0.4, 0.5) is 0 Å². The van der Waals surface area contributed by atoms with Gasteiger partial charge < -0.3 is 9.80 Å². The Bertz CT molecular complexity index is 405. The van der Waals surface area contributed by atoms with Gasteiger partial charge in [0.05, 0.1) is 6.54 Å². The summed E-state index contributed by atoms with van der Waals surface area (Å²) < 4.78 is 0. The first-order chi connectivity index (χ1) is 14.7. The Morgan fingerprint density at radius 1 is 0.700 bits per heavy atom. The summed E-state index contributed by atoms with van der Waals surface area (Å²) in [7, 11) is 0. The van der Waals surface area contributed by atoms with Gasteiger partial charge >= 0.3 is 0 Å². The van der Waals surface area contributed by atoms with Crippen LogP contribution in [0.2, 0.25) is 0 Å². The molecule has 1 aliphatic heterocycles. The lowest BCUT2D eigenvalue weighted by molar-refractivity contribution is -0.136. The average Bonchev–Trinajstić information content (AvgIpc) is 2.77. The second-order valence-corrected chi connectivity index (χ2v) is 9.04. The molecule has 5 nitrogen and oxygen atoms in total. The number of piperazine rings is 1. The third kappa shape index (κ3) is 13.3. The fourth-order valence-corrected chi connectivity index (χ4v) is 4.22. The number of nitrogens with zero attached hydrogens (tertiary/aromatic N) is 3. The first-order valence-corrected chi connectivity index (χ1v) is 12.9. The molecule has 1 aliphatic rings. The predicted molar refractivity (Wildman–Crippen MR) is 127 cm³/mol. The van der Waals surface area contributed by atoms with Crippen LogP contribution in [0, 0.1) is 0 Å². The summed E-state index contributed by atoms with van der Waals surface area (Å²) in [6, 6.07) is 0. The summed E-state index contributed by atoms with van der Waals surface area (Å²) in [5.41, 5.74) is 0. The van der Waals surface area contributed by atoms with Crippen LogP contribution in [-0.2, 0) is 9.59 Å². The van der Waals surface area contributed by atoms with Crippen LogP contribution >= 0.6 is 0 Å². The number of hydrogen-bond donors (Lipinski definition) is 0. The molecule has 0 aromatic carbocycles. The van der Waals surface area contributed by atoms with E-state index in [9.17, 15) is 9.59 Å². The molecule has 1 fully saturated rings. The molecule has 176 valence electrons. The molecule has 30 heavy (non-hydrogen) atoms. The van der Waals surface area contributed by atoms with Crippen LogP contribution in [0.25, 0.3) is 0 Å². The molecule has 0 saturated carbocycles. The summed E-state index contributed by atoms with van der Waals surface area (Å²) in [6.07, 6.45) is 19.3. The topological polar surface area (TPSA) is 43.9 Å². The van der Waals surface area contributed by atoms with Crippen molar-refractivity contribution < 1.29 is 9.59 Å². The minimum absolute atomic E-state index is 0.242. The van der Waals surface area contributed by atoms with Crippen LogP contribution in [0.1, 0.15) is 104 Å². The Labute approximate surface area is 186 Å². The number of rotatable bonds is 19. The predicted octanol–water partition coefficient (Wildman–Crippen LogP) is 5.09. The van der Waals surface area contributed by atoms with Gasteiger partial charge in [-0.05, 0) is 25.9 Å². The third-order valence-corrected chi connectivity index (χ3v) is 6.33. The maximum atomic E-state index is 12.8. The van der Waals surface area contributed by atoms with Gasteiger partial charge in [-0.3, -0.25) is 14.5 Å². The van der Waals surface area contributed by atoms with Crippen molar-refractivity contribution in [3.8, 4) is 0 Å². The van der Waals surface area contributed by atoms with E-state index in [1.54, 1.807) is 4.90 Å². The molecular formula is C25H49N3O2. The highest BCUT2D eigenvalue weighted by Gasteiger charge is 2.21. The number of carbonyl (C=O) groups excluding carboxylic acids is 2. The highest BCUT2D eigenvalue weighted by Crippen LogP contribution is 2.11. The van der Waals surface area contributed by atoms with Crippen molar-refractivity contribution in [1.82, 2.24) is 14.7 Å². The second kappa shape index (κ2) is 18.7. The number of hydrogen-bond acceptors (Lipinski definition) is 3. The molecule has 0 aromatic heterocycles. The first kappa shape index (κ1) is 26.9. The quantitative estimate of drug-likeness (QED) is 0.215. The lowest BCUT2D eigenvalue weighted by atomic mass is 10.1. The van der Waals surface area contributed by atoms with Crippen molar-refractivity contribution in [3.05, 3.63) is 0 Å². The number of amides is 2. The normalized spacial score (nSPS) is 14.5. The standard InChI is InChI=1S/C25H49N3O2/c1-3-5-7-9-11-13-15-17-26(18-16-14-12-10-8-6-4-2)23-25(30)28-21-19-27(24-29)20-22-28/h24H,3-23H2,1-2H3. The minimum atomic E-state index is 0.242. The summed E-state index contributed by atoms with van der Waals surface area (Å²) in [5.74, 6) is 0.242. The van der Waals surface area contributed by atoms with Crippen molar-refractivity contribution in [2.45, 2.75) is 104 Å². The fourth-order valence-electron chi connectivity index (χ4n) is 4.22. The van der Waals surface area contributed by atoms with E-state index in [4.69, 9.17) is 0 Å². The summed E-state index contributed by atoms with van der Waals surface area (Å²) in [4.78, 5) is 29.8. The van der Waals surface area contributed by atoms with Crippen molar-refractivity contribution in [3.63, 3.8) is 0 Å². The molecule has 0 unspecified atom stereocenters. The van der Waals surface area contributed by atoms with Gasteiger partial charge in [0.25, 0.3) is 0 Å². The van der Waals surface area contributed by atoms with Crippen molar-refractivity contribution in [2.75, 3.05) is 45.8 Å². The minimum Gasteiger partial charge on any atom is -0.342 e. The maximum Gasteiger partial charge on any atom is 0.236 e. The smallest absolute Gasteiger partial charge is 0.236 e. The van der Waals surface area contributed by atoms with E-state index in [1.807, 2.05) is 4.90 Å². The maximum absolute atomic E-state index is 12.8. The third-order valence-electron chi connectivity index (χ3n) is 6.33. The lowest BCUT2D eigenvalue weighted by Gasteiger charge is -2.34. The molecule has 0 bridgehead atoms. The average molecular weight is 424 g/mol. The molecule has 0 atom stereocenters. The van der Waals surface area contributed by atoms with E-state index in [0.717, 1.165) is 19.5 Å². The zero-order chi connectivity index (χ0) is 21.9. The highest BCUT2D eigenvalue weighted by atomic mass is 16.2. The Morgan fingerprint density at radius 3 is 1.57 bits per heavy atom. The first-order valence-electron chi connectivity index (χ1n) is 12.9. The number of unbranched alkanes of at least 4 members (excludes halogenated alkanes) is 12. The zero-order valence-corrected chi connectivity index (χ0v) is 20.1. The fraction of sp³-hybridized carbons (Fsp3) is 0.920. The molecule has 0 radical (unpaired) electrons. The van der Waals surface area contributed by atoms with E-state index in [2.05, 4.69) is 18.7 Å². The molecule has 1 saturated heterocycles. The van der Waals surface area contributed by atoms with E-state index in [-0.39, 0.29) is 5.91 Å². The van der Waals surface area contributed by atoms with Gasteiger partial charge in [0.1, 0.15) is 0 Å². The summed E-state index contributed by atoms with van der Waals surface area (Å²) >= 11 is 0. The van der Waals surface area contributed by atoms with Gasteiger partial charge in [0.2, 0.25) is 12.3 Å². The van der Waals surface area contributed by atoms with Gasteiger partial charge in [-0.25, -0.2) is 0 Å².